The quantitative estimate of drug-likeness (QED) is 0.806. The predicted octanol–water partition coefficient (Wildman–Crippen LogP) is 4.18. The molecule has 0 bridgehead atoms. The number of carbonyl (C=O) groups excluding carboxylic acids is 1. The van der Waals surface area contributed by atoms with E-state index in [-0.39, 0.29) is 11.9 Å². The van der Waals surface area contributed by atoms with Gasteiger partial charge in [-0.15, -0.1) is 11.8 Å². The van der Waals surface area contributed by atoms with E-state index in [1.165, 1.54) is 21.6 Å². The summed E-state index contributed by atoms with van der Waals surface area (Å²) in [6, 6.07) is 17.3. The van der Waals surface area contributed by atoms with Crippen LogP contribution in [0.4, 0.5) is 0 Å². The van der Waals surface area contributed by atoms with E-state index in [0.717, 1.165) is 32.4 Å². The molecule has 0 spiro atoms. The Labute approximate surface area is 160 Å². The summed E-state index contributed by atoms with van der Waals surface area (Å²) in [4.78, 5) is 16.6. The van der Waals surface area contributed by atoms with E-state index in [1.54, 1.807) is 11.8 Å². The van der Waals surface area contributed by atoms with Crippen LogP contribution in [0.25, 0.3) is 0 Å². The first-order chi connectivity index (χ1) is 12.6. The van der Waals surface area contributed by atoms with E-state index in [1.807, 2.05) is 0 Å². The molecule has 1 heterocycles. The molecule has 26 heavy (non-hydrogen) atoms. The number of benzene rings is 2. The zero-order valence-electron chi connectivity index (χ0n) is 15.5. The number of thioether (sulfide) groups is 1. The molecule has 1 aliphatic carbocycles. The Hall–Kier alpha value is -1.78. The smallest absolute Gasteiger partial charge is 0.240 e. The fraction of sp³-hybridized carbons (Fsp3) is 0.409. The Bertz CT molecular complexity index is 804. The van der Waals surface area contributed by atoms with E-state index in [0.29, 0.717) is 0 Å². The molecule has 1 saturated heterocycles. The predicted molar refractivity (Wildman–Crippen MR) is 107 cm³/mol. The van der Waals surface area contributed by atoms with Crippen molar-refractivity contribution in [3.63, 3.8) is 0 Å². The van der Waals surface area contributed by atoms with Crippen molar-refractivity contribution in [2.75, 3.05) is 12.8 Å². The summed E-state index contributed by atoms with van der Waals surface area (Å²) in [7, 11) is 0. The number of rotatable bonds is 5. The maximum absolute atomic E-state index is 13.1. The lowest BCUT2D eigenvalue weighted by molar-refractivity contribution is -0.142. The SMILES string of the molecule is CSc1ccc(CN2CCC2(C)C(=O)NC2CCc3ccccc32)cc1. The molecule has 1 aliphatic heterocycles. The summed E-state index contributed by atoms with van der Waals surface area (Å²) in [5.74, 6) is 0.172. The zero-order valence-corrected chi connectivity index (χ0v) is 16.3. The number of carbonyl (C=O) groups is 1. The fourth-order valence-electron chi connectivity index (χ4n) is 4.09. The summed E-state index contributed by atoms with van der Waals surface area (Å²) in [6.07, 6.45) is 5.09. The van der Waals surface area contributed by atoms with Gasteiger partial charge in [0.25, 0.3) is 0 Å². The van der Waals surface area contributed by atoms with Crippen molar-refractivity contribution in [2.45, 2.75) is 49.2 Å². The lowest BCUT2D eigenvalue weighted by Crippen LogP contribution is -2.65. The second kappa shape index (κ2) is 7.09. The molecular weight excluding hydrogens is 340 g/mol. The Kier molecular flexibility index (Phi) is 4.80. The summed E-state index contributed by atoms with van der Waals surface area (Å²) in [6.45, 7) is 3.90. The fourth-order valence-corrected chi connectivity index (χ4v) is 4.50. The summed E-state index contributed by atoms with van der Waals surface area (Å²) in [5, 5.41) is 3.33. The monoisotopic (exact) mass is 366 g/mol. The van der Waals surface area contributed by atoms with Gasteiger partial charge >= 0.3 is 0 Å². The average molecular weight is 367 g/mol. The van der Waals surface area contributed by atoms with Gasteiger partial charge in [-0.1, -0.05) is 36.4 Å². The summed E-state index contributed by atoms with van der Waals surface area (Å²) >= 11 is 1.76. The van der Waals surface area contributed by atoms with Crippen LogP contribution >= 0.6 is 11.8 Å². The topological polar surface area (TPSA) is 32.3 Å². The second-order valence-corrected chi connectivity index (χ2v) is 8.44. The molecule has 3 nitrogen and oxygen atoms in total. The van der Waals surface area contributed by atoms with Gasteiger partial charge in [0.15, 0.2) is 0 Å². The minimum atomic E-state index is -0.393. The maximum Gasteiger partial charge on any atom is 0.240 e. The Morgan fingerprint density at radius 3 is 2.69 bits per heavy atom. The molecule has 1 amide bonds. The van der Waals surface area contributed by atoms with Gasteiger partial charge in [-0.25, -0.2) is 0 Å². The van der Waals surface area contributed by atoms with Crippen LogP contribution < -0.4 is 5.32 Å². The van der Waals surface area contributed by atoms with E-state index >= 15 is 0 Å². The first-order valence-electron chi connectivity index (χ1n) is 9.37. The van der Waals surface area contributed by atoms with Crippen LogP contribution in [-0.4, -0.2) is 29.1 Å². The van der Waals surface area contributed by atoms with Gasteiger partial charge in [-0.3, -0.25) is 9.69 Å². The first kappa shape index (κ1) is 17.6. The number of nitrogens with zero attached hydrogens (tertiary/aromatic N) is 1. The van der Waals surface area contributed by atoms with Crippen LogP contribution in [0.3, 0.4) is 0 Å². The van der Waals surface area contributed by atoms with Crippen LogP contribution in [0.5, 0.6) is 0 Å². The molecule has 2 aliphatic rings. The van der Waals surface area contributed by atoms with E-state index in [4.69, 9.17) is 0 Å². The largest absolute Gasteiger partial charge is 0.348 e. The van der Waals surface area contributed by atoms with Crippen molar-refractivity contribution >= 4 is 17.7 Å². The van der Waals surface area contributed by atoms with E-state index < -0.39 is 5.54 Å². The number of fused-ring (bicyclic) bond motifs is 1. The number of aryl methyl sites for hydroxylation is 1. The van der Waals surface area contributed by atoms with Gasteiger partial charge in [-0.05, 0) is 61.3 Å². The van der Waals surface area contributed by atoms with Crippen molar-refractivity contribution in [3.05, 3.63) is 65.2 Å². The molecule has 0 saturated carbocycles. The third-order valence-electron chi connectivity index (χ3n) is 6.03. The van der Waals surface area contributed by atoms with Gasteiger partial charge in [-0.2, -0.15) is 0 Å². The minimum Gasteiger partial charge on any atom is -0.348 e. The Morgan fingerprint density at radius 1 is 1.23 bits per heavy atom. The number of hydrogen-bond donors (Lipinski definition) is 1. The second-order valence-electron chi connectivity index (χ2n) is 7.56. The molecule has 136 valence electrons. The molecule has 2 aromatic rings. The number of likely N-dealkylation sites (tertiary alicyclic amines) is 1. The van der Waals surface area contributed by atoms with Gasteiger partial charge in [0.2, 0.25) is 5.91 Å². The van der Waals surface area contributed by atoms with Gasteiger partial charge < -0.3 is 5.32 Å². The third-order valence-corrected chi connectivity index (χ3v) is 6.77. The normalized spacial score (nSPS) is 24.8. The van der Waals surface area contributed by atoms with Gasteiger partial charge in [0.05, 0.1) is 11.6 Å². The van der Waals surface area contributed by atoms with Gasteiger partial charge in [0.1, 0.15) is 0 Å². The standard InChI is InChI=1S/C22H26N2OS/c1-22(13-14-24(22)15-16-7-10-18(26-2)11-8-16)21(25)23-20-12-9-17-5-3-4-6-19(17)20/h3-8,10-11,20H,9,12-15H2,1-2H3,(H,23,25). The molecule has 2 atom stereocenters. The molecule has 1 N–H and O–H groups in total. The van der Waals surface area contributed by atoms with E-state index in [9.17, 15) is 4.79 Å². The Balaban J connectivity index is 1.42. The van der Waals surface area contributed by atoms with Crippen LogP contribution in [0.2, 0.25) is 0 Å². The molecule has 0 aromatic heterocycles. The van der Waals surface area contributed by atoms with E-state index in [2.05, 4.69) is 71.9 Å². The number of hydrogen-bond acceptors (Lipinski definition) is 3. The van der Waals surface area contributed by atoms with Crippen molar-refractivity contribution in [1.29, 1.82) is 0 Å². The molecule has 1 fully saturated rings. The highest BCUT2D eigenvalue weighted by atomic mass is 32.2. The van der Waals surface area contributed by atoms with Crippen molar-refractivity contribution in [3.8, 4) is 0 Å². The zero-order chi connectivity index (χ0) is 18.1. The van der Waals surface area contributed by atoms with Gasteiger partial charge in [0, 0.05) is 18.0 Å². The molecule has 4 rings (SSSR count). The number of nitrogens with one attached hydrogen (secondary N) is 1. The lowest BCUT2D eigenvalue weighted by Gasteiger charge is -2.49. The van der Waals surface area contributed by atoms with Crippen LogP contribution in [0, 0.1) is 0 Å². The van der Waals surface area contributed by atoms with Crippen LogP contribution in [0.15, 0.2) is 53.4 Å². The molecule has 4 heteroatoms. The number of amides is 1. The van der Waals surface area contributed by atoms with Crippen LogP contribution in [0.1, 0.15) is 42.5 Å². The molecular formula is C22H26N2OS. The highest BCUT2D eigenvalue weighted by Gasteiger charge is 2.47. The third kappa shape index (κ3) is 3.17. The maximum atomic E-state index is 13.1. The van der Waals surface area contributed by atoms with Crippen molar-refractivity contribution in [1.82, 2.24) is 10.2 Å². The average Bonchev–Trinajstić information content (AvgIpc) is 3.08. The first-order valence-corrected chi connectivity index (χ1v) is 10.6. The lowest BCUT2D eigenvalue weighted by atomic mass is 9.84. The highest BCUT2D eigenvalue weighted by molar-refractivity contribution is 7.98. The van der Waals surface area contributed by atoms with Crippen LogP contribution in [-0.2, 0) is 17.8 Å². The Morgan fingerprint density at radius 2 is 2.00 bits per heavy atom. The van der Waals surface area contributed by atoms with Crippen molar-refractivity contribution in [2.24, 2.45) is 0 Å². The molecule has 0 radical (unpaired) electrons. The van der Waals surface area contributed by atoms with Crippen molar-refractivity contribution < 1.29 is 4.79 Å². The molecule has 2 aromatic carbocycles. The molecule has 2 unspecified atom stereocenters. The summed E-state index contributed by atoms with van der Waals surface area (Å²) in [5.41, 5.74) is 3.55. The summed E-state index contributed by atoms with van der Waals surface area (Å²) < 4.78 is 0. The highest BCUT2D eigenvalue weighted by Crippen LogP contribution is 2.35. The minimum absolute atomic E-state index is 0.166.